The SMILES string of the molecule is COc1ccc(/C=N\NC(=O)c2nn(Cc3ccc([N+](=O)[O-])cc3)cc2Br)cc1OCC(N)=O. The van der Waals surface area contributed by atoms with Crippen LogP contribution in [0.2, 0.25) is 0 Å². The number of nitrogens with zero attached hydrogens (tertiary/aromatic N) is 4. The molecule has 0 saturated heterocycles. The summed E-state index contributed by atoms with van der Waals surface area (Å²) < 4.78 is 12.5. The van der Waals surface area contributed by atoms with Gasteiger partial charge in [-0.2, -0.15) is 10.2 Å². The Morgan fingerprint density at radius 1 is 1.26 bits per heavy atom. The molecular formula is C21H19BrN6O6. The predicted octanol–water partition coefficient (Wildman–Crippen LogP) is 2.24. The number of amides is 2. The van der Waals surface area contributed by atoms with E-state index in [0.717, 1.165) is 5.56 Å². The van der Waals surface area contributed by atoms with Gasteiger partial charge in [-0.3, -0.25) is 24.4 Å². The second-order valence-electron chi connectivity index (χ2n) is 6.81. The number of hydrogen-bond acceptors (Lipinski definition) is 8. The van der Waals surface area contributed by atoms with E-state index < -0.39 is 16.7 Å². The molecule has 0 aliphatic heterocycles. The van der Waals surface area contributed by atoms with Gasteiger partial charge in [0.15, 0.2) is 23.8 Å². The lowest BCUT2D eigenvalue weighted by molar-refractivity contribution is -0.384. The Bertz CT molecular complexity index is 1240. The van der Waals surface area contributed by atoms with Crippen LogP contribution >= 0.6 is 15.9 Å². The number of methoxy groups -OCH3 is 1. The molecule has 3 N–H and O–H groups in total. The van der Waals surface area contributed by atoms with Crippen molar-refractivity contribution in [3.05, 3.63) is 80.1 Å². The first-order valence-corrected chi connectivity index (χ1v) is 10.4. The van der Waals surface area contributed by atoms with Crippen LogP contribution in [-0.2, 0) is 11.3 Å². The van der Waals surface area contributed by atoms with Gasteiger partial charge in [-0.15, -0.1) is 0 Å². The fraction of sp³-hybridized carbons (Fsp3) is 0.143. The third-order valence-corrected chi connectivity index (χ3v) is 4.94. The fourth-order valence-electron chi connectivity index (χ4n) is 2.80. The van der Waals surface area contributed by atoms with Gasteiger partial charge in [0.1, 0.15) is 0 Å². The van der Waals surface area contributed by atoms with E-state index in [2.05, 4.69) is 31.6 Å². The number of benzene rings is 2. The summed E-state index contributed by atoms with van der Waals surface area (Å²) in [6.07, 6.45) is 3.00. The van der Waals surface area contributed by atoms with Gasteiger partial charge in [0.05, 0.1) is 29.3 Å². The van der Waals surface area contributed by atoms with Gasteiger partial charge in [-0.05, 0) is 45.3 Å². The fourth-order valence-corrected chi connectivity index (χ4v) is 3.29. The largest absolute Gasteiger partial charge is 0.493 e. The van der Waals surface area contributed by atoms with Crippen LogP contribution in [0.15, 0.2) is 58.2 Å². The van der Waals surface area contributed by atoms with Crippen molar-refractivity contribution in [3.63, 3.8) is 0 Å². The first-order chi connectivity index (χ1) is 16.3. The molecule has 0 fully saturated rings. The van der Waals surface area contributed by atoms with E-state index in [0.29, 0.717) is 28.1 Å². The standard InChI is InChI=1S/C21H19BrN6O6/c1-33-17-7-4-14(8-18(17)34-12-19(23)29)9-24-25-21(30)20-16(22)11-27(26-20)10-13-2-5-15(6-3-13)28(31)32/h2-9,11H,10,12H2,1H3,(H2,23,29)(H,25,30)/b24-9-. The molecule has 2 aromatic carbocycles. The zero-order valence-electron chi connectivity index (χ0n) is 17.8. The molecule has 0 radical (unpaired) electrons. The first kappa shape index (κ1) is 24.4. The molecule has 1 heterocycles. The number of ether oxygens (including phenoxy) is 2. The minimum absolute atomic E-state index is 0.00765. The summed E-state index contributed by atoms with van der Waals surface area (Å²) in [4.78, 5) is 33.7. The number of primary amides is 1. The van der Waals surface area contributed by atoms with Crippen LogP contribution in [0, 0.1) is 10.1 Å². The summed E-state index contributed by atoms with van der Waals surface area (Å²) in [5, 5.41) is 18.9. The molecule has 0 saturated carbocycles. The maximum absolute atomic E-state index is 12.5. The molecule has 0 aliphatic carbocycles. The van der Waals surface area contributed by atoms with Crippen molar-refractivity contribution in [2.75, 3.05) is 13.7 Å². The molecule has 0 bridgehead atoms. The van der Waals surface area contributed by atoms with E-state index in [4.69, 9.17) is 15.2 Å². The van der Waals surface area contributed by atoms with Gasteiger partial charge in [0, 0.05) is 18.3 Å². The first-order valence-electron chi connectivity index (χ1n) is 9.65. The predicted molar refractivity (Wildman–Crippen MR) is 125 cm³/mol. The molecule has 0 aliphatic rings. The van der Waals surface area contributed by atoms with Crippen molar-refractivity contribution in [2.24, 2.45) is 10.8 Å². The van der Waals surface area contributed by atoms with Crippen molar-refractivity contribution >= 4 is 39.6 Å². The van der Waals surface area contributed by atoms with Gasteiger partial charge in [-0.1, -0.05) is 12.1 Å². The molecule has 0 atom stereocenters. The summed E-state index contributed by atoms with van der Waals surface area (Å²) >= 11 is 3.30. The number of rotatable bonds is 10. The third kappa shape index (κ3) is 6.38. The number of non-ortho nitro benzene ring substituents is 1. The van der Waals surface area contributed by atoms with Crippen LogP contribution in [0.3, 0.4) is 0 Å². The van der Waals surface area contributed by atoms with Crippen LogP contribution in [0.4, 0.5) is 5.69 Å². The number of halogens is 1. The molecule has 176 valence electrons. The summed E-state index contributed by atoms with van der Waals surface area (Å²) in [6, 6.07) is 10.9. The Kier molecular flexibility index (Phi) is 7.92. The molecule has 0 spiro atoms. The van der Waals surface area contributed by atoms with Crippen LogP contribution in [0.25, 0.3) is 0 Å². The Balaban J connectivity index is 1.64. The Morgan fingerprint density at radius 2 is 2.00 bits per heavy atom. The highest BCUT2D eigenvalue weighted by Crippen LogP contribution is 2.27. The van der Waals surface area contributed by atoms with Crippen molar-refractivity contribution in [1.29, 1.82) is 0 Å². The maximum atomic E-state index is 12.5. The number of nitrogens with one attached hydrogen (secondary N) is 1. The van der Waals surface area contributed by atoms with E-state index in [1.54, 1.807) is 36.5 Å². The third-order valence-electron chi connectivity index (χ3n) is 4.36. The number of carbonyl (C=O) groups is 2. The monoisotopic (exact) mass is 530 g/mol. The molecule has 12 nitrogen and oxygen atoms in total. The number of hydrazone groups is 1. The Morgan fingerprint density at radius 3 is 2.65 bits per heavy atom. The summed E-state index contributed by atoms with van der Waals surface area (Å²) in [7, 11) is 1.46. The smallest absolute Gasteiger partial charge is 0.293 e. The van der Waals surface area contributed by atoms with E-state index >= 15 is 0 Å². The molecular weight excluding hydrogens is 512 g/mol. The lowest BCUT2D eigenvalue weighted by atomic mass is 10.2. The summed E-state index contributed by atoms with van der Waals surface area (Å²) in [5.41, 5.74) is 8.94. The van der Waals surface area contributed by atoms with Gasteiger partial charge < -0.3 is 15.2 Å². The van der Waals surface area contributed by atoms with Gasteiger partial charge >= 0.3 is 0 Å². The second kappa shape index (κ2) is 11.0. The lowest BCUT2D eigenvalue weighted by Gasteiger charge is -2.09. The lowest BCUT2D eigenvalue weighted by Crippen LogP contribution is -2.20. The minimum atomic E-state index is -0.632. The minimum Gasteiger partial charge on any atom is -0.493 e. The highest BCUT2D eigenvalue weighted by atomic mass is 79.9. The zero-order chi connectivity index (χ0) is 24.7. The van der Waals surface area contributed by atoms with Gasteiger partial charge in [0.25, 0.3) is 17.5 Å². The van der Waals surface area contributed by atoms with Crippen LogP contribution in [0.1, 0.15) is 21.6 Å². The average Bonchev–Trinajstić information content (AvgIpc) is 3.18. The molecule has 1 aromatic heterocycles. The second-order valence-corrected chi connectivity index (χ2v) is 7.67. The van der Waals surface area contributed by atoms with Crippen molar-refractivity contribution in [1.82, 2.24) is 15.2 Å². The van der Waals surface area contributed by atoms with Crippen molar-refractivity contribution in [3.8, 4) is 11.5 Å². The van der Waals surface area contributed by atoms with E-state index in [1.165, 1.54) is 30.1 Å². The molecule has 0 unspecified atom stereocenters. The average molecular weight is 531 g/mol. The van der Waals surface area contributed by atoms with E-state index in [1.807, 2.05) is 0 Å². The number of nitrogens with two attached hydrogens (primary N) is 1. The molecule has 2 amide bonds. The van der Waals surface area contributed by atoms with Crippen LogP contribution < -0.4 is 20.6 Å². The van der Waals surface area contributed by atoms with Crippen molar-refractivity contribution in [2.45, 2.75) is 6.54 Å². The highest BCUT2D eigenvalue weighted by Gasteiger charge is 2.15. The highest BCUT2D eigenvalue weighted by molar-refractivity contribution is 9.10. The van der Waals surface area contributed by atoms with Crippen molar-refractivity contribution < 1.29 is 24.0 Å². The molecule has 34 heavy (non-hydrogen) atoms. The van der Waals surface area contributed by atoms with Crippen LogP contribution in [0.5, 0.6) is 11.5 Å². The number of nitro groups is 1. The molecule has 3 rings (SSSR count). The normalized spacial score (nSPS) is 10.8. The van der Waals surface area contributed by atoms with Gasteiger partial charge in [-0.25, -0.2) is 5.43 Å². The van der Waals surface area contributed by atoms with E-state index in [9.17, 15) is 19.7 Å². The number of nitro benzene ring substituents is 1. The van der Waals surface area contributed by atoms with E-state index in [-0.39, 0.29) is 18.0 Å². The molecule has 13 heteroatoms. The summed E-state index contributed by atoms with van der Waals surface area (Å²) in [5.74, 6) is -0.481. The number of carbonyl (C=O) groups excluding carboxylic acids is 2. The number of hydrogen-bond donors (Lipinski definition) is 2. The topological polar surface area (TPSA) is 164 Å². The summed E-state index contributed by atoms with van der Waals surface area (Å²) in [6.45, 7) is -0.00266. The number of aromatic nitrogens is 2. The zero-order valence-corrected chi connectivity index (χ0v) is 19.4. The Hall–Kier alpha value is -4.26. The van der Waals surface area contributed by atoms with Gasteiger partial charge in [0.2, 0.25) is 0 Å². The maximum Gasteiger partial charge on any atom is 0.293 e. The molecule has 3 aromatic rings. The Labute approximate surface area is 201 Å². The van der Waals surface area contributed by atoms with Crippen LogP contribution in [-0.4, -0.2) is 46.4 Å². The quantitative estimate of drug-likeness (QED) is 0.230.